The van der Waals surface area contributed by atoms with Crippen LogP contribution in [0.2, 0.25) is 0 Å². The van der Waals surface area contributed by atoms with Gasteiger partial charge >= 0.3 is 5.97 Å². The molecule has 0 saturated carbocycles. The second kappa shape index (κ2) is 6.06. The fourth-order valence-electron chi connectivity index (χ4n) is 2.07. The van der Waals surface area contributed by atoms with Gasteiger partial charge in [0.05, 0.1) is 5.56 Å². The van der Waals surface area contributed by atoms with Gasteiger partial charge in [-0.15, -0.1) is 0 Å². The number of nitrogens with zero attached hydrogens (tertiary/aromatic N) is 1. The molecule has 102 valence electrons. The van der Waals surface area contributed by atoms with Crippen LogP contribution in [0.5, 0.6) is 0 Å². The van der Waals surface area contributed by atoms with Crippen molar-refractivity contribution in [2.45, 2.75) is 25.0 Å². The van der Waals surface area contributed by atoms with Crippen molar-refractivity contribution in [3.8, 4) is 0 Å². The maximum Gasteiger partial charge on any atom is 0.337 e. The molecule has 2 rings (SSSR count). The van der Waals surface area contributed by atoms with E-state index in [2.05, 4.69) is 17.2 Å². The van der Waals surface area contributed by atoms with Gasteiger partial charge in [0.15, 0.2) is 0 Å². The zero-order chi connectivity index (χ0) is 13.8. The minimum absolute atomic E-state index is 0.0603. The summed E-state index contributed by atoms with van der Waals surface area (Å²) < 4.78 is 0. The quantitative estimate of drug-likeness (QED) is 0.884. The highest BCUT2D eigenvalue weighted by Gasteiger charge is 2.26. The topological polar surface area (TPSA) is 79.3 Å². The third-order valence-electron chi connectivity index (χ3n) is 3.26. The maximum absolute atomic E-state index is 11.9. The average molecular weight is 280 g/mol. The third kappa shape index (κ3) is 3.70. The highest BCUT2D eigenvalue weighted by molar-refractivity contribution is 8.00. The van der Waals surface area contributed by atoms with E-state index in [0.717, 1.165) is 12.2 Å². The van der Waals surface area contributed by atoms with Crippen molar-refractivity contribution in [1.82, 2.24) is 4.98 Å². The Balaban J connectivity index is 1.89. The fraction of sp³-hybridized carbons (Fsp3) is 0.462. The number of pyridine rings is 1. The van der Waals surface area contributed by atoms with Crippen molar-refractivity contribution < 1.29 is 14.7 Å². The Kier molecular flexibility index (Phi) is 4.42. The summed E-state index contributed by atoms with van der Waals surface area (Å²) in [4.78, 5) is 26.4. The molecular weight excluding hydrogens is 264 g/mol. The van der Waals surface area contributed by atoms with Gasteiger partial charge in [-0.25, -0.2) is 9.78 Å². The van der Waals surface area contributed by atoms with Crippen LogP contribution in [-0.2, 0) is 4.79 Å². The number of rotatable bonds is 4. The lowest BCUT2D eigenvalue weighted by molar-refractivity contribution is -0.117. The molecule has 1 saturated heterocycles. The van der Waals surface area contributed by atoms with E-state index in [4.69, 9.17) is 5.11 Å². The van der Waals surface area contributed by atoms with Gasteiger partial charge in [0.25, 0.3) is 0 Å². The number of anilines is 1. The Morgan fingerprint density at radius 2 is 2.32 bits per heavy atom. The molecule has 5 nitrogen and oxygen atoms in total. The van der Waals surface area contributed by atoms with Gasteiger partial charge in [0.2, 0.25) is 5.91 Å². The number of carboxylic acids is 1. The summed E-state index contributed by atoms with van der Waals surface area (Å²) in [5.74, 6) is 0.846. The Bertz CT molecular complexity index is 475. The minimum atomic E-state index is -1.03. The molecule has 1 aliphatic heterocycles. The standard InChI is InChI=1S/C13H16N2O3S/c1-8-9(4-5-19-8)6-12(16)15-11-3-2-10(7-14-11)13(17)18/h2-3,7-9H,4-6H2,1H3,(H,17,18)(H,14,15,16). The predicted molar refractivity (Wildman–Crippen MR) is 74.5 cm³/mol. The monoisotopic (exact) mass is 280 g/mol. The first-order valence-electron chi connectivity index (χ1n) is 6.17. The van der Waals surface area contributed by atoms with Gasteiger partial charge < -0.3 is 10.4 Å². The predicted octanol–water partition coefficient (Wildman–Crippen LogP) is 2.25. The zero-order valence-corrected chi connectivity index (χ0v) is 11.4. The Labute approximate surface area is 115 Å². The molecule has 1 amide bonds. The summed E-state index contributed by atoms with van der Waals surface area (Å²) in [5.41, 5.74) is 0.110. The van der Waals surface area contributed by atoms with Crippen LogP contribution >= 0.6 is 11.8 Å². The molecule has 1 aliphatic rings. The lowest BCUT2D eigenvalue weighted by Crippen LogP contribution is -2.20. The van der Waals surface area contributed by atoms with Crippen molar-refractivity contribution in [3.05, 3.63) is 23.9 Å². The van der Waals surface area contributed by atoms with Crippen LogP contribution in [-0.4, -0.2) is 33.0 Å². The highest BCUT2D eigenvalue weighted by atomic mass is 32.2. The third-order valence-corrected chi connectivity index (χ3v) is 4.64. The summed E-state index contributed by atoms with van der Waals surface area (Å²) >= 11 is 1.90. The van der Waals surface area contributed by atoms with Crippen LogP contribution < -0.4 is 5.32 Å². The number of hydrogen-bond donors (Lipinski definition) is 2. The molecule has 0 aliphatic carbocycles. The number of thioether (sulfide) groups is 1. The first-order valence-corrected chi connectivity index (χ1v) is 7.22. The van der Waals surface area contributed by atoms with Crippen LogP contribution in [0.4, 0.5) is 5.82 Å². The Morgan fingerprint density at radius 1 is 1.53 bits per heavy atom. The van der Waals surface area contributed by atoms with Gasteiger partial charge in [0.1, 0.15) is 5.82 Å². The molecule has 1 fully saturated rings. The van der Waals surface area contributed by atoms with Crippen LogP contribution in [0.3, 0.4) is 0 Å². The zero-order valence-electron chi connectivity index (χ0n) is 10.6. The van der Waals surface area contributed by atoms with Crippen molar-refractivity contribution in [2.75, 3.05) is 11.1 Å². The molecule has 6 heteroatoms. The van der Waals surface area contributed by atoms with Gasteiger partial charge in [-0.3, -0.25) is 4.79 Å². The van der Waals surface area contributed by atoms with E-state index >= 15 is 0 Å². The summed E-state index contributed by atoms with van der Waals surface area (Å²) in [7, 11) is 0. The minimum Gasteiger partial charge on any atom is -0.478 e. The Hall–Kier alpha value is -1.56. The number of aromatic nitrogens is 1. The van der Waals surface area contributed by atoms with Crippen LogP contribution in [0.1, 0.15) is 30.1 Å². The summed E-state index contributed by atoms with van der Waals surface area (Å²) in [6, 6.07) is 2.94. The number of aromatic carboxylic acids is 1. The van der Waals surface area contributed by atoms with Gasteiger partial charge in [0, 0.05) is 17.9 Å². The van der Waals surface area contributed by atoms with E-state index in [1.165, 1.54) is 18.3 Å². The van der Waals surface area contributed by atoms with E-state index in [0.29, 0.717) is 23.4 Å². The van der Waals surface area contributed by atoms with E-state index in [1.54, 1.807) is 0 Å². The van der Waals surface area contributed by atoms with Crippen LogP contribution in [0.25, 0.3) is 0 Å². The van der Waals surface area contributed by atoms with Crippen molar-refractivity contribution in [3.63, 3.8) is 0 Å². The SMILES string of the molecule is CC1SCCC1CC(=O)Nc1ccc(C(=O)O)cn1. The van der Waals surface area contributed by atoms with E-state index in [1.807, 2.05) is 11.8 Å². The van der Waals surface area contributed by atoms with Crippen LogP contribution in [0, 0.1) is 5.92 Å². The lowest BCUT2D eigenvalue weighted by atomic mass is 9.99. The molecule has 19 heavy (non-hydrogen) atoms. The Morgan fingerprint density at radius 3 is 2.84 bits per heavy atom. The summed E-state index contributed by atoms with van der Waals surface area (Å²) in [6.07, 6.45) is 2.81. The number of amides is 1. The molecule has 0 bridgehead atoms. The summed E-state index contributed by atoms with van der Waals surface area (Å²) in [5, 5.41) is 12.0. The van der Waals surface area contributed by atoms with Crippen LogP contribution in [0.15, 0.2) is 18.3 Å². The molecule has 2 unspecified atom stereocenters. The molecule has 0 aromatic carbocycles. The number of carbonyl (C=O) groups is 2. The molecule has 2 atom stereocenters. The first kappa shape index (κ1) is 13.9. The first-order chi connectivity index (χ1) is 9.06. The smallest absolute Gasteiger partial charge is 0.337 e. The number of carbonyl (C=O) groups excluding carboxylic acids is 1. The molecule has 2 N–H and O–H groups in total. The number of nitrogens with one attached hydrogen (secondary N) is 1. The molecule has 1 aromatic heterocycles. The normalized spacial score (nSPS) is 22.2. The van der Waals surface area contributed by atoms with Crippen molar-refractivity contribution >= 4 is 29.5 Å². The summed E-state index contributed by atoms with van der Waals surface area (Å²) in [6.45, 7) is 2.15. The van der Waals surface area contributed by atoms with Crippen molar-refractivity contribution in [1.29, 1.82) is 0 Å². The van der Waals surface area contributed by atoms with E-state index < -0.39 is 5.97 Å². The molecule has 0 spiro atoms. The average Bonchev–Trinajstić information content (AvgIpc) is 2.75. The van der Waals surface area contributed by atoms with E-state index in [-0.39, 0.29) is 11.5 Å². The number of hydrogen-bond acceptors (Lipinski definition) is 4. The number of carboxylic acid groups (broad SMARTS) is 1. The van der Waals surface area contributed by atoms with Gasteiger partial charge in [-0.1, -0.05) is 6.92 Å². The van der Waals surface area contributed by atoms with Gasteiger partial charge in [-0.2, -0.15) is 11.8 Å². The largest absolute Gasteiger partial charge is 0.478 e. The van der Waals surface area contributed by atoms with E-state index in [9.17, 15) is 9.59 Å². The fourth-order valence-corrected chi connectivity index (χ4v) is 3.39. The maximum atomic E-state index is 11.9. The molecule has 1 aromatic rings. The second-order valence-electron chi connectivity index (χ2n) is 4.61. The van der Waals surface area contributed by atoms with Gasteiger partial charge in [-0.05, 0) is 30.2 Å². The highest BCUT2D eigenvalue weighted by Crippen LogP contribution is 2.34. The molecular formula is C13H16N2O3S. The molecule has 0 radical (unpaired) electrons. The van der Waals surface area contributed by atoms with Crippen molar-refractivity contribution in [2.24, 2.45) is 5.92 Å². The lowest BCUT2D eigenvalue weighted by Gasteiger charge is -2.13. The second-order valence-corrected chi connectivity index (χ2v) is 6.10. The molecule has 2 heterocycles.